The Kier molecular flexibility index (Phi) is 4.54. The van der Waals surface area contributed by atoms with Gasteiger partial charge in [-0.3, -0.25) is 5.23 Å². The first-order valence-electron chi connectivity index (χ1n) is 6.37. The molecule has 0 heterocycles. The average Bonchev–Trinajstić information content (AvgIpc) is 3.04. The predicted octanol–water partition coefficient (Wildman–Crippen LogP) is 1.32. The third-order valence-electron chi connectivity index (χ3n) is 3.48. The minimum absolute atomic E-state index is 0.108. The van der Waals surface area contributed by atoms with E-state index in [-0.39, 0.29) is 18.0 Å². The molecule has 0 aliphatic heterocycles. The second-order valence-electron chi connectivity index (χ2n) is 5.03. The van der Waals surface area contributed by atoms with Crippen LogP contribution < -0.4 is 4.72 Å². The van der Waals surface area contributed by atoms with Crippen LogP contribution in [-0.2, 0) is 15.8 Å². The van der Waals surface area contributed by atoms with Gasteiger partial charge in [0.15, 0.2) is 0 Å². The summed E-state index contributed by atoms with van der Waals surface area (Å²) in [5, 5.41) is 12.7. The Balaban J connectivity index is 1.81. The van der Waals surface area contributed by atoms with Gasteiger partial charge in [-0.25, -0.2) is 8.93 Å². The first-order valence-corrected chi connectivity index (χ1v) is 7.59. The summed E-state index contributed by atoms with van der Waals surface area (Å²) in [6.45, 7) is 4.26. The lowest BCUT2D eigenvalue weighted by Gasteiger charge is -2.35. The normalized spacial score (nSPS) is 35.4. The molecule has 0 aromatic heterocycles. The number of hydrogen-bond acceptors (Lipinski definition) is 4. The Morgan fingerprint density at radius 1 is 1.47 bits per heavy atom. The standard InChI is InChI=1S/C11H21N2O3S/c1-3-16-13(14)11-7-9(6-8(11)2)12-17(15)10-4-5-10/h8-12H,3-7H2,1-2H3/q-1/t8-,9+,11+,17?/m1/s1. The molecule has 0 aromatic carbocycles. The second-order valence-corrected chi connectivity index (χ2v) is 6.53. The molecule has 17 heavy (non-hydrogen) atoms. The molecule has 5 nitrogen and oxygen atoms in total. The van der Waals surface area contributed by atoms with Gasteiger partial charge < -0.3 is 10.0 Å². The summed E-state index contributed by atoms with van der Waals surface area (Å²) in [5.74, 6) is 0.285. The van der Waals surface area contributed by atoms with Crippen molar-refractivity contribution >= 4 is 11.0 Å². The van der Waals surface area contributed by atoms with E-state index in [1.165, 1.54) is 0 Å². The summed E-state index contributed by atoms with van der Waals surface area (Å²) in [6.07, 6.45) is 3.76. The Morgan fingerprint density at radius 2 is 2.18 bits per heavy atom. The molecule has 6 heteroatoms. The predicted molar refractivity (Wildman–Crippen MR) is 67.1 cm³/mol. The number of rotatable bonds is 6. The molecule has 4 atom stereocenters. The molecule has 0 saturated heterocycles. The van der Waals surface area contributed by atoms with Gasteiger partial charge in [-0.05, 0) is 38.5 Å². The van der Waals surface area contributed by atoms with Crippen LogP contribution in [0.25, 0.3) is 0 Å². The first kappa shape index (κ1) is 13.4. The van der Waals surface area contributed by atoms with Crippen LogP contribution >= 0.6 is 0 Å². The molecule has 0 aromatic rings. The van der Waals surface area contributed by atoms with Gasteiger partial charge in [0, 0.05) is 17.3 Å². The van der Waals surface area contributed by atoms with E-state index in [0.29, 0.717) is 11.9 Å². The van der Waals surface area contributed by atoms with Crippen LogP contribution in [0.4, 0.5) is 0 Å². The lowest BCUT2D eigenvalue weighted by Crippen LogP contribution is -2.34. The van der Waals surface area contributed by atoms with E-state index in [1.54, 1.807) is 0 Å². The van der Waals surface area contributed by atoms with E-state index in [0.717, 1.165) is 30.9 Å². The first-order chi connectivity index (χ1) is 8.11. The maximum Gasteiger partial charge on any atom is 0.0949 e. The average molecular weight is 261 g/mol. The minimum atomic E-state index is -0.909. The van der Waals surface area contributed by atoms with E-state index in [4.69, 9.17) is 4.84 Å². The monoisotopic (exact) mass is 261 g/mol. The number of hydrogen-bond donors (Lipinski definition) is 1. The highest BCUT2D eigenvalue weighted by molar-refractivity contribution is 7.84. The number of hydroxylamine groups is 2. The van der Waals surface area contributed by atoms with Crippen LogP contribution in [0.3, 0.4) is 0 Å². The SMILES string of the molecule is CCON([O-])[C@H]1C[C@@H](NS(=O)C2CC2)C[C@H]1C. The van der Waals surface area contributed by atoms with Gasteiger partial charge in [0.1, 0.15) is 0 Å². The lowest BCUT2D eigenvalue weighted by molar-refractivity contribution is -0.150. The summed E-state index contributed by atoms with van der Waals surface area (Å²) in [5.41, 5.74) is 0. The molecule has 0 spiro atoms. The number of nitrogens with zero attached hydrogens (tertiary/aromatic N) is 1. The van der Waals surface area contributed by atoms with Crippen molar-refractivity contribution < 1.29 is 9.05 Å². The van der Waals surface area contributed by atoms with Crippen molar-refractivity contribution in [3.05, 3.63) is 5.21 Å². The van der Waals surface area contributed by atoms with E-state index in [1.807, 2.05) is 6.92 Å². The van der Waals surface area contributed by atoms with Crippen LogP contribution in [-0.4, -0.2) is 33.4 Å². The van der Waals surface area contributed by atoms with Crippen LogP contribution in [0.15, 0.2) is 0 Å². The smallest absolute Gasteiger partial charge is 0.0949 e. The zero-order valence-corrected chi connectivity index (χ0v) is 11.2. The minimum Gasteiger partial charge on any atom is -0.762 e. The summed E-state index contributed by atoms with van der Waals surface area (Å²) >= 11 is 0. The Hall–Kier alpha value is -0.0100. The maximum absolute atomic E-state index is 11.7. The highest BCUT2D eigenvalue weighted by Crippen LogP contribution is 2.32. The van der Waals surface area contributed by atoms with Crippen molar-refractivity contribution in [1.82, 2.24) is 9.95 Å². The summed E-state index contributed by atoms with van der Waals surface area (Å²) in [6, 6.07) is 0.0805. The topological polar surface area (TPSA) is 64.6 Å². The molecular weight excluding hydrogens is 240 g/mol. The van der Waals surface area contributed by atoms with Crippen LogP contribution in [0.5, 0.6) is 0 Å². The fourth-order valence-electron chi connectivity index (χ4n) is 2.38. The van der Waals surface area contributed by atoms with Crippen molar-refractivity contribution in [2.75, 3.05) is 6.61 Å². The maximum atomic E-state index is 11.7. The molecule has 1 unspecified atom stereocenters. The molecule has 2 fully saturated rings. The third kappa shape index (κ3) is 3.48. The van der Waals surface area contributed by atoms with E-state index >= 15 is 0 Å². The molecule has 0 bridgehead atoms. The molecular formula is C11H21N2O3S-. The zero-order valence-electron chi connectivity index (χ0n) is 10.4. The third-order valence-corrected chi connectivity index (χ3v) is 5.12. The Labute approximate surface area is 105 Å². The molecule has 1 N–H and O–H groups in total. The van der Waals surface area contributed by atoms with Gasteiger partial charge in [-0.2, -0.15) is 0 Å². The fraction of sp³-hybridized carbons (Fsp3) is 1.00. The summed E-state index contributed by atoms with van der Waals surface area (Å²) in [4.78, 5) is 4.98. The molecule has 100 valence electrons. The molecule has 2 aliphatic carbocycles. The van der Waals surface area contributed by atoms with E-state index < -0.39 is 11.0 Å². The molecule has 0 radical (unpaired) electrons. The highest BCUT2D eigenvalue weighted by atomic mass is 32.2. The Bertz CT molecular complexity index is 286. The van der Waals surface area contributed by atoms with E-state index in [2.05, 4.69) is 11.6 Å². The molecule has 2 saturated carbocycles. The summed E-state index contributed by atoms with van der Waals surface area (Å²) in [7, 11) is -0.909. The largest absolute Gasteiger partial charge is 0.762 e. The van der Waals surface area contributed by atoms with Gasteiger partial charge >= 0.3 is 0 Å². The van der Waals surface area contributed by atoms with Crippen molar-refractivity contribution in [2.45, 2.75) is 56.9 Å². The van der Waals surface area contributed by atoms with Crippen molar-refractivity contribution in [2.24, 2.45) is 5.92 Å². The summed E-state index contributed by atoms with van der Waals surface area (Å²) < 4.78 is 14.9. The number of nitrogens with one attached hydrogen (secondary N) is 1. The van der Waals surface area contributed by atoms with Gasteiger partial charge in [-0.1, -0.05) is 6.92 Å². The van der Waals surface area contributed by atoms with Crippen molar-refractivity contribution in [1.29, 1.82) is 0 Å². The molecule has 2 aliphatic rings. The van der Waals surface area contributed by atoms with Gasteiger partial charge in [-0.15, -0.1) is 0 Å². The van der Waals surface area contributed by atoms with E-state index in [9.17, 15) is 9.42 Å². The van der Waals surface area contributed by atoms with Crippen LogP contribution in [0.1, 0.15) is 39.5 Å². The quantitative estimate of drug-likeness (QED) is 0.732. The lowest BCUT2D eigenvalue weighted by atomic mass is 10.1. The van der Waals surface area contributed by atoms with Gasteiger partial charge in [0.2, 0.25) is 0 Å². The van der Waals surface area contributed by atoms with Gasteiger partial charge in [0.05, 0.1) is 17.6 Å². The van der Waals surface area contributed by atoms with Crippen LogP contribution in [0.2, 0.25) is 0 Å². The highest BCUT2D eigenvalue weighted by Gasteiger charge is 2.36. The van der Waals surface area contributed by atoms with Gasteiger partial charge in [0.25, 0.3) is 0 Å². The molecule has 2 rings (SSSR count). The fourth-order valence-corrected chi connectivity index (χ4v) is 3.66. The van der Waals surface area contributed by atoms with Crippen molar-refractivity contribution in [3.63, 3.8) is 0 Å². The van der Waals surface area contributed by atoms with Crippen molar-refractivity contribution in [3.8, 4) is 0 Å². The second kappa shape index (κ2) is 5.75. The van der Waals surface area contributed by atoms with Crippen LogP contribution in [0, 0.1) is 11.1 Å². The Morgan fingerprint density at radius 3 is 2.76 bits per heavy atom. The molecule has 0 amide bonds. The zero-order chi connectivity index (χ0) is 12.4.